The van der Waals surface area contributed by atoms with Gasteiger partial charge in [-0.05, 0) is 58.1 Å². The number of nitriles is 1. The first kappa shape index (κ1) is 21.5. The van der Waals surface area contributed by atoms with E-state index in [2.05, 4.69) is 35.8 Å². The fourth-order valence-electron chi connectivity index (χ4n) is 4.20. The van der Waals surface area contributed by atoms with Gasteiger partial charge in [0.15, 0.2) is 5.78 Å². The van der Waals surface area contributed by atoms with Gasteiger partial charge in [0.25, 0.3) is 0 Å². The number of rotatable bonds is 2. The number of anilines is 1. The number of ketones is 1. The fourth-order valence-corrected chi connectivity index (χ4v) is 6.03. The lowest BCUT2D eigenvalue weighted by Gasteiger charge is -2.43. The zero-order valence-corrected chi connectivity index (χ0v) is 20.2. The highest BCUT2D eigenvalue weighted by molar-refractivity contribution is 9.11. The minimum Gasteiger partial charge on any atom is -0.384 e. The molecule has 1 aliphatic heterocycles. The van der Waals surface area contributed by atoms with Crippen LogP contribution in [-0.4, -0.2) is 5.78 Å². The van der Waals surface area contributed by atoms with Gasteiger partial charge in [-0.15, -0.1) is 11.3 Å². The number of allylic oxidation sites excluding steroid dienone is 3. The van der Waals surface area contributed by atoms with Crippen molar-refractivity contribution in [1.29, 1.82) is 5.26 Å². The van der Waals surface area contributed by atoms with Gasteiger partial charge in [-0.3, -0.25) is 9.69 Å². The van der Waals surface area contributed by atoms with Crippen LogP contribution in [-0.2, 0) is 4.79 Å². The number of hydrogen-bond acceptors (Lipinski definition) is 5. The second kappa shape index (κ2) is 7.72. The topological polar surface area (TPSA) is 70.1 Å². The zero-order valence-electron chi connectivity index (χ0n) is 16.3. The first-order valence-electron chi connectivity index (χ1n) is 9.29. The van der Waals surface area contributed by atoms with Crippen molar-refractivity contribution in [3.63, 3.8) is 0 Å². The SMILES string of the molecule is CC1(C)CC(=O)C2=C(C1)N(c1ccc(Cl)c(Cl)c1)C(N)=C(C#N)C2c1ccc(Br)s1. The Labute approximate surface area is 197 Å². The van der Waals surface area contributed by atoms with Crippen molar-refractivity contribution in [3.8, 4) is 6.07 Å². The molecule has 8 heteroatoms. The molecule has 1 aromatic heterocycles. The van der Waals surface area contributed by atoms with Crippen LogP contribution in [0.2, 0.25) is 10.0 Å². The van der Waals surface area contributed by atoms with Gasteiger partial charge in [-0.1, -0.05) is 37.0 Å². The van der Waals surface area contributed by atoms with Crippen LogP contribution in [0.15, 0.2) is 56.8 Å². The van der Waals surface area contributed by atoms with Gasteiger partial charge in [0.1, 0.15) is 5.82 Å². The summed E-state index contributed by atoms with van der Waals surface area (Å²) in [6.07, 6.45) is 1.07. The van der Waals surface area contributed by atoms with Gasteiger partial charge in [0, 0.05) is 28.3 Å². The molecule has 0 bridgehead atoms. The van der Waals surface area contributed by atoms with E-state index in [1.165, 1.54) is 11.3 Å². The first-order valence-corrected chi connectivity index (χ1v) is 11.7. The van der Waals surface area contributed by atoms with Crippen LogP contribution in [0.5, 0.6) is 0 Å². The van der Waals surface area contributed by atoms with Crippen LogP contribution in [0.25, 0.3) is 0 Å². The lowest BCUT2D eigenvalue weighted by molar-refractivity contribution is -0.118. The van der Waals surface area contributed by atoms with Crippen LogP contribution >= 0.6 is 50.5 Å². The number of carbonyl (C=O) groups excluding carboxylic acids is 1. The Morgan fingerprint density at radius 2 is 1.97 bits per heavy atom. The number of carbonyl (C=O) groups is 1. The normalized spacial score (nSPS) is 21.0. The average molecular weight is 523 g/mol. The lowest BCUT2D eigenvalue weighted by Crippen LogP contribution is -2.42. The third-order valence-electron chi connectivity index (χ3n) is 5.42. The van der Waals surface area contributed by atoms with Crippen LogP contribution in [0, 0.1) is 16.7 Å². The summed E-state index contributed by atoms with van der Waals surface area (Å²) in [5, 5.41) is 10.8. The highest BCUT2D eigenvalue weighted by atomic mass is 79.9. The van der Waals surface area contributed by atoms with Gasteiger partial charge >= 0.3 is 0 Å². The summed E-state index contributed by atoms with van der Waals surface area (Å²) in [5.74, 6) is -0.111. The van der Waals surface area contributed by atoms with Crippen LogP contribution in [0.4, 0.5) is 5.69 Å². The molecule has 1 atom stereocenters. The number of nitrogens with two attached hydrogens (primary N) is 1. The number of nitrogens with zero attached hydrogens (tertiary/aromatic N) is 2. The van der Waals surface area contributed by atoms with E-state index < -0.39 is 5.92 Å². The molecular formula is C22H18BrCl2N3OS. The van der Waals surface area contributed by atoms with Crippen molar-refractivity contribution in [2.75, 3.05) is 4.90 Å². The summed E-state index contributed by atoms with van der Waals surface area (Å²) in [4.78, 5) is 16.1. The smallest absolute Gasteiger partial charge is 0.162 e. The minimum absolute atomic E-state index is 0.0427. The molecule has 2 heterocycles. The molecule has 1 aliphatic carbocycles. The second-order valence-electron chi connectivity index (χ2n) is 8.22. The van der Waals surface area contributed by atoms with Crippen molar-refractivity contribution in [3.05, 3.63) is 71.7 Å². The van der Waals surface area contributed by atoms with E-state index in [1.54, 1.807) is 23.1 Å². The molecule has 0 fully saturated rings. The molecule has 0 spiro atoms. The summed E-state index contributed by atoms with van der Waals surface area (Å²) in [6, 6.07) is 11.3. The maximum atomic E-state index is 13.4. The van der Waals surface area contributed by atoms with Crippen molar-refractivity contribution >= 4 is 61.9 Å². The molecule has 0 radical (unpaired) electrons. The molecular weight excluding hydrogens is 505 g/mol. The van der Waals surface area contributed by atoms with Gasteiger partial charge in [0.05, 0.1) is 31.4 Å². The predicted octanol–water partition coefficient (Wildman–Crippen LogP) is 6.76. The molecule has 2 aromatic rings. The third-order valence-corrected chi connectivity index (χ3v) is 7.85. The highest BCUT2D eigenvalue weighted by Gasteiger charge is 2.45. The standard InChI is InChI=1S/C22H18BrCl2N3OS/c1-22(2)8-15-20(16(29)9-22)19(17-5-6-18(23)30-17)12(10-26)21(27)28(15)11-3-4-13(24)14(25)7-11/h3-7,19H,8-9,27H2,1-2H3. The minimum atomic E-state index is -0.469. The molecule has 1 aromatic carbocycles. The number of hydrogen-bond donors (Lipinski definition) is 1. The van der Waals surface area contributed by atoms with Crippen molar-refractivity contribution in [2.45, 2.75) is 32.6 Å². The van der Waals surface area contributed by atoms with Crippen LogP contribution in [0.1, 0.15) is 37.5 Å². The number of halogens is 3. The van der Waals surface area contributed by atoms with Crippen molar-refractivity contribution in [2.24, 2.45) is 11.1 Å². The highest BCUT2D eigenvalue weighted by Crippen LogP contribution is 2.51. The molecule has 0 saturated carbocycles. The van der Waals surface area contributed by atoms with Crippen LogP contribution < -0.4 is 10.6 Å². The summed E-state index contributed by atoms with van der Waals surface area (Å²) >= 11 is 17.4. The Morgan fingerprint density at radius 1 is 1.23 bits per heavy atom. The molecule has 30 heavy (non-hydrogen) atoms. The number of Topliss-reactive ketones (excluding diaryl/α,β-unsaturated/α-hetero) is 1. The van der Waals surface area contributed by atoms with Gasteiger partial charge in [-0.2, -0.15) is 5.26 Å². The quantitative estimate of drug-likeness (QED) is 0.473. The molecule has 0 saturated heterocycles. The van der Waals surface area contributed by atoms with Gasteiger partial charge in [-0.25, -0.2) is 0 Å². The van der Waals surface area contributed by atoms with E-state index in [0.29, 0.717) is 45.5 Å². The van der Waals surface area contributed by atoms with Gasteiger partial charge < -0.3 is 5.73 Å². The number of thiophene rings is 1. The Kier molecular flexibility index (Phi) is 5.52. The monoisotopic (exact) mass is 521 g/mol. The Balaban J connectivity index is 2.00. The zero-order chi connectivity index (χ0) is 21.8. The Morgan fingerprint density at radius 3 is 2.57 bits per heavy atom. The maximum Gasteiger partial charge on any atom is 0.162 e. The summed E-state index contributed by atoms with van der Waals surface area (Å²) < 4.78 is 0.936. The molecule has 154 valence electrons. The average Bonchev–Trinajstić information content (AvgIpc) is 3.08. The van der Waals surface area contributed by atoms with E-state index in [9.17, 15) is 10.1 Å². The van der Waals surface area contributed by atoms with E-state index in [4.69, 9.17) is 28.9 Å². The number of benzene rings is 1. The molecule has 4 rings (SSSR count). The fraction of sp³-hybridized carbons (Fsp3) is 0.273. The van der Waals surface area contributed by atoms with Crippen LogP contribution in [0.3, 0.4) is 0 Å². The molecule has 2 aliphatic rings. The maximum absolute atomic E-state index is 13.4. The van der Waals surface area contributed by atoms with Crippen molar-refractivity contribution < 1.29 is 4.79 Å². The van der Waals surface area contributed by atoms with E-state index in [0.717, 1.165) is 14.4 Å². The lowest BCUT2D eigenvalue weighted by atomic mass is 9.69. The Bertz CT molecular complexity index is 1180. The summed E-state index contributed by atoms with van der Waals surface area (Å²) in [7, 11) is 0. The van der Waals surface area contributed by atoms with E-state index in [1.807, 2.05) is 12.1 Å². The Hall–Kier alpha value is -1.78. The van der Waals surface area contributed by atoms with Crippen molar-refractivity contribution in [1.82, 2.24) is 0 Å². The molecule has 0 amide bonds. The van der Waals surface area contributed by atoms with Gasteiger partial charge in [0.2, 0.25) is 0 Å². The predicted molar refractivity (Wildman–Crippen MR) is 126 cm³/mol. The largest absolute Gasteiger partial charge is 0.384 e. The molecule has 4 nitrogen and oxygen atoms in total. The molecule has 2 N–H and O–H groups in total. The van der Waals surface area contributed by atoms with E-state index in [-0.39, 0.29) is 11.2 Å². The summed E-state index contributed by atoms with van der Waals surface area (Å²) in [5.41, 5.74) is 8.86. The third kappa shape index (κ3) is 3.58. The first-order chi connectivity index (χ1) is 14.1. The second-order valence-corrected chi connectivity index (χ2v) is 11.5. The molecule has 1 unspecified atom stereocenters. The van der Waals surface area contributed by atoms with E-state index >= 15 is 0 Å². The summed E-state index contributed by atoms with van der Waals surface area (Å²) in [6.45, 7) is 4.14.